The van der Waals surface area contributed by atoms with Crippen molar-refractivity contribution in [2.45, 2.75) is 22.1 Å². The van der Waals surface area contributed by atoms with E-state index in [4.69, 9.17) is 51.1 Å². The SMILES string of the molecule is CN(c1ccccc1C(=O)c1ncc(Cl)cc1NS(=O)(=O)c1ccc(Cl)c(C(F)(F)F)c1)S(C)(=O)=O.COCN(c1cc(Cl)cnc1C(=O)c1ccccc1N(C)S(C)(=O)=O)S(=O)(=O)c1ccc(Cl)c(C(F)(F)F)c1. The van der Waals surface area contributed by atoms with Crippen LogP contribution in [0.15, 0.2) is 119 Å². The van der Waals surface area contributed by atoms with Gasteiger partial charge in [0, 0.05) is 44.7 Å². The van der Waals surface area contributed by atoms with Crippen LogP contribution < -0.4 is 17.6 Å². The number of carbonyl (C=O) groups excluding carboxylic acids is 2. The molecule has 0 aliphatic rings. The van der Waals surface area contributed by atoms with E-state index in [9.17, 15) is 69.6 Å². The van der Waals surface area contributed by atoms with Crippen molar-refractivity contribution in [3.05, 3.63) is 163 Å². The van der Waals surface area contributed by atoms with Crippen LogP contribution in [0.5, 0.6) is 0 Å². The van der Waals surface area contributed by atoms with E-state index in [-0.39, 0.29) is 32.5 Å². The number of rotatable bonds is 16. The second kappa shape index (κ2) is 22.8. The number of pyridine rings is 2. The van der Waals surface area contributed by atoms with Gasteiger partial charge in [-0.05, 0) is 72.8 Å². The van der Waals surface area contributed by atoms with Crippen LogP contribution in [-0.2, 0) is 57.2 Å². The quantitative estimate of drug-likeness (QED) is 0.0541. The summed E-state index contributed by atoms with van der Waals surface area (Å²) in [5, 5.41) is -1.61. The van der Waals surface area contributed by atoms with E-state index >= 15 is 0 Å². The van der Waals surface area contributed by atoms with E-state index < -0.39 is 124 Å². The predicted molar refractivity (Wildman–Crippen MR) is 270 cm³/mol. The third-order valence-corrected chi connectivity index (χ3v) is 16.8. The van der Waals surface area contributed by atoms with Crippen molar-refractivity contribution >= 4 is 121 Å². The highest BCUT2D eigenvalue weighted by Gasteiger charge is 2.38. The molecule has 0 saturated carbocycles. The molecule has 6 rings (SSSR count). The molecular weight excluding hydrogens is 1170 g/mol. The molecule has 0 fully saturated rings. The first-order chi connectivity index (χ1) is 34.5. The summed E-state index contributed by atoms with van der Waals surface area (Å²) >= 11 is 23.2. The average Bonchev–Trinajstić information content (AvgIpc) is 3.31. The van der Waals surface area contributed by atoms with E-state index in [0.29, 0.717) is 16.4 Å². The van der Waals surface area contributed by atoms with E-state index in [2.05, 4.69) is 9.97 Å². The van der Waals surface area contributed by atoms with Crippen LogP contribution in [0.4, 0.5) is 49.1 Å². The first-order valence-electron chi connectivity index (χ1n) is 20.3. The number of nitrogens with one attached hydrogen (secondary N) is 1. The minimum Gasteiger partial charge on any atom is -0.363 e. The van der Waals surface area contributed by atoms with Gasteiger partial charge < -0.3 is 4.74 Å². The van der Waals surface area contributed by atoms with Gasteiger partial charge in [-0.15, -0.1) is 0 Å². The van der Waals surface area contributed by atoms with E-state index in [0.717, 1.165) is 77.0 Å². The van der Waals surface area contributed by atoms with Gasteiger partial charge in [0.25, 0.3) is 20.0 Å². The van der Waals surface area contributed by atoms with Crippen LogP contribution in [0.2, 0.25) is 20.1 Å². The molecule has 75 heavy (non-hydrogen) atoms. The van der Waals surface area contributed by atoms with Crippen molar-refractivity contribution in [2.75, 3.05) is 58.1 Å². The van der Waals surface area contributed by atoms with Gasteiger partial charge >= 0.3 is 12.4 Å². The van der Waals surface area contributed by atoms with Crippen molar-refractivity contribution in [1.82, 2.24) is 9.97 Å². The second-order valence-electron chi connectivity index (χ2n) is 15.4. The maximum Gasteiger partial charge on any atom is 0.417 e. The highest BCUT2D eigenvalue weighted by atomic mass is 35.5. The molecular formula is C44H36Cl4F6N6O11S4. The lowest BCUT2D eigenvalue weighted by Crippen LogP contribution is -2.35. The zero-order chi connectivity index (χ0) is 56.4. The van der Waals surface area contributed by atoms with Crippen molar-refractivity contribution in [2.24, 2.45) is 0 Å². The Kier molecular flexibility index (Phi) is 18.3. The molecule has 0 spiro atoms. The smallest absolute Gasteiger partial charge is 0.363 e. The maximum atomic E-state index is 13.7. The number of hydrogen-bond donors (Lipinski definition) is 1. The van der Waals surface area contributed by atoms with Crippen LogP contribution in [0.3, 0.4) is 0 Å². The van der Waals surface area contributed by atoms with Crippen molar-refractivity contribution in [3.63, 3.8) is 0 Å². The molecule has 2 aromatic heterocycles. The summed E-state index contributed by atoms with van der Waals surface area (Å²) in [6.45, 7) is -0.750. The summed E-state index contributed by atoms with van der Waals surface area (Å²) in [5.74, 6) is -1.77. The standard InChI is InChI=1S/C23H20Cl2F3N3O6S2.C21H16Cl2F3N3O5S2/c1-30(38(3,33)34)19-7-5-4-6-16(19)22(32)21-20(10-14(24)12-29-21)31(13-37-2)39(35,36)15-8-9-18(25)17(11-15)23(26,27)28;1-29(35(2,31)32)18-6-4-3-5-14(18)20(30)19-17(9-12(22)11-27-19)28-36(33,34)13-7-8-16(23)15(10-13)21(24,25)26/h4-12H,13H2,1-3H3;3-11,28H,1-2H3. The maximum absolute atomic E-state index is 13.7. The zero-order valence-corrected chi connectivity index (χ0v) is 45.0. The second-order valence-corrected chi connectivity index (χ2v) is 24.6. The average molecular weight is 1210 g/mol. The molecule has 0 atom stereocenters. The summed E-state index contributed by atoms with van der Waals surface area (Å²) in [5.41, 5.74) is -4.89. The number of para-hydroxylation sites is 2. The molecule has 0 radical (unpaired) electrons. The number of methoxy groups -OCH3 is 1. The number of hydrogen-bond acceptors (Lipinski definition) is 13. The number of alkyl halides is 6. The monoisotopic (exact) mass is 1210 g/mol. The molecule has 4 aromatic carbocycles. The van der Waals surface area contributed by atoms with Gasteiger partial charge in [0.15, 0.2) is 0 Å². The Morgan fingerprint density at radius 2 is 1.00 bits per heavy atom. The Morgan fingerprint density at radius 3 is 1.45 bits per heavy atom. The Bertz CT molecular complexity index is 3670. The molecule has 0 aliphatic carbocycles. The first kappa shape index (κ1) is 60.1. The lowest BCUT2D eigenvalue weighted by Gasteiger charge is -2.26. The number of anilines is 4. The lowest BCUT2D eigenvalue weighted by molar-refractivity contribution is -0.138. The number of ketones is 2. The molecule has 0 amide bonds. The minimum absolute atomic E-state index is 0.0110. The summed E-state index contributed by atoms with van der Waals surface area (Å²) in [4.78, 5) is 33.3. The summed E-state index contributed by atoms with van der Waals surface area (Å²) in [6, 6.07) is 17.3. The molecule has 2 heterocycles. The topological polar surface area (TPSA) is 227 Å². The number of benzene rings is 4. The highest BCUT2D eigenvalue weighted by molar-refractivity contribution is 7.93. The number of carbonyl (C=O) groups is 2. The molecule has 31 heteroatoms. The van der Waals surface area contributed by atoms with Gasteiger partial charge in [0.2, 0.25) is 31.6 Å². The third-order valence-electron chi connectivity index (χ3n) is 10.2. The summed E-state index contributed by atoms with van der Waals surface area (Å²) in [7, 11) is -13.5. The van der Waals surface area contributed by atoms with Crippen LogP contribution in [0, 0.1) is 0 Å². The highest BCUT2D eigenvalue weighted by Crippen LogP contribution is 2.40. The number of aromatic nitrogens is 2. The number of halogens is 10. The van der Waals surface area contributed by atoms with Gasteiger partial charge in [-0.1, -0.05) is 70.7 Å². The molecule has 402 valence electrons. The lowest BCUT2D eigenvalue weighted by atomic mass is 10.0. The van der Waals surface area contributed by atoms with Crippen molar-refractivity contribution < 1.29 is 74.3 Å². The number of sulfonamides is 4. The predicted octanol–water partition coefficient (Wildman–Crippen LogP) is 9.67. The molecule has 0 saturated heterocycles. The normalized spacial score (nSPS) is 12.3. The van der Waals surface area contributed by atoms with Gasteiger partial charge in [-0.25, -0.2) is 47.9 Å². The zero-order valence-electron chi connectivity index (χ0n) is 38.7. The van der Waals surface area contributed by atoms with Crippen LogP contribution in [-0.4, -0.2) is 95.7 Å². The minimum atomic E-state index is -4.96. The molecule has 6 aromatic rings. The van der Waals surface area contributed by atoms with Gasteiger partial charge in [-0.2, -0.15) is 26.3 Å². The summed E-state index contributed by atoms with van der Waals surface area (Å²) in [6.07, 6.45) is -5.91. The fourth-order valence-electron chi connectivity index (χ4n) is 6.47. The largest absolute Gasteiger partial charge is 0.417 e. The number of nitrogens with zero attached hydrogens (tertiary/aromatic N) is 5. The fraction of sp³-hybridized carbons (Fsp3) is 0.182. The fourth-order valence-corrected chi connectivity index (χ4v) is 10.8. The Balaban J connectivity index is 0.000000278. The molecule has 0 unspecified atom stereocenters. The van der Waals surface area contributed by atoms with Crippen LogP contribution >= 0.6 is 46.4 Å². The third kappa shape index (κ3) is 14.0. The number of ether oxygens (including phenoxy) is 1. The van der Waals surface area contributed by atoms with Crippen LogP contribution in [0.25, 0.3) is 0 Å². The van der Waals surface area contributed by atoms with E-state index in [1.807, 2.05) is 4.72 Å². The first-order valence-corrected chi connectivity index (χ1v) is 28.4. The van der Waals surface area contributed by atoms with Gasteiger partial charge in [-0.3, -0.25) is 22.9 Å². The Hall–Kier alpha value is -5.78. The van der Waals surface area contributed by atoms with Gasteiger partial charge in [0.05, 0.1) is 76.3 Å². The molecule has 17 nitrogen and oxygen atoms in total. The van der Waals surface area contributed by atoms with Crippen LogP contribution in [0.1, 0.15) is 43.2 Å². The Labute approximate surface area is 445 Å². The Morgan fingerprint density at radius 1 is 0.587 bits per heavy atom. The van der Waals surface area contributed by atoms with Crippen molar-refractivity contribution in [3.8, 4) is 0 Å². The van der Waals surface area contributed by atoms with Crippen molar-refractivity contribution in [1.29, 1.82) is 0 Å². The van der Waals surface area contributed by atoms with E-state index in [1.54, 1.807) is 0 Å². The molecule has 1 N–H and O–H groups in total. The van der Waals surface area contributed by atoms with Gasteiger partial charge in [0.1, 0.15) is 18.1 Å². The summed E-state index contributed by atoms with van der Waals surface area (Å²) < 4.78 is 191. The van der Waals surface area contributed by atoms with E-state index in [1.165, 1.54) is 62.6 Å². The molecule has 0 bridgehead atoms. The molecule has 0 aliphatic heterocycles.